The summed E-state index contributed by atoms with van der Waals surface area (Å²) in [5.74, 6) is -4.08. The Hall–Kier alpha value is -1.39. The molecule has 0 unspecified atom stereocenters. The van der Waals surface area contributed by atoms with Gasteiger partial charge >= 0.3 is 18.1 Å². The van der Waals surface area contributed by atoms with Crippen molar-refractivity contribution in [3.8, 4) is 0 Å². The van der Waals surface area contributed by atoms with Crippen LogP contribution in [0, 0.1) is 5.41 Å². The van der Waals surface area contributed by atoms with Crippen molar-refractivity contribution in [2.75, 3.05) is 19.6 Å². The number of aliphatic hydroxyl groups excluding tert-OH is 1. The smallest absolute Gasteiger partial charge is 0.479 e. The molecule has 1 saturated heterocycles. The predicted molar refractivity (Wildman–Crippen MR) is 75.3 cm³/mol. The number of β-amino-alcohol motifs (C(OH)–C–C–N with tert-alkyl or cyclic N) is 1. The lowest BCUT2D eigenvalue weighted by molar-refractivity contribution is -0.192. The summed E-state index contributed by atoms with van der Waals surface area (Å²) in [5, 5.41) is 35.6. The van der Waals surface area contributed by atoms with E-state index in [2.05, 4.69) is 6.92 Å². The van der Waals surface area contributed by atoms with Crippen molar-refractivity contribution in [2.24, 2.45) is 5.41 Å². The molecule has 0 aromatic rings. The summed E-state index contributed by atoms with van der Waals surface area (Å²) in [6, 6.07) is 0. The quantitative estimate of drug-likeness (QED) is 0.585. The van der Waals surface area contributed by atoms with Crippen molar-refractivity contribution in [1.29, 1.82) is 0 Å². The summed E-state index contributed by atoms with van der Waals surface area (Å²) in [7, 11) is 0. The summed E-state index contributed by atoms with van der Waals surface area (Å²) >= 11 is 0. The van der Waals surface area contributed by atoms with Gasteiger partial charge in [0.05, 0.1) is 0 Å². The van der Waals surface area contributed by atoms with E-state index in [1.165, 1.54) is 12.8 Å². The Morgan fingerprint density at radius 3 is 2.04 bits per heavy atom. The minimum atomic E-state index is -5.08. The van der Waals surface area contributed by atoms with Gasteiger partial charge < -0.3 is 25.3 Å². The molecule has 10 heteroatoms. The number of alkyl halides is 3. The van der Waals surface area contributed by atoms with E-state index >= 15 is 0 Å². The maximum Gasteiger partial charge on any atom is 0.490 e. The van der Waals surface area contributed by atoms with Crippen LogP contribution in [0.3, 0.4) is 0 Å². The Bertz CT molecular complexity index is 480. The molecule has 0 radical (unpaired) electrons. The Balaban J connectivity index is 0.000000351. The fourth-order valence-corrected chi connectivity index (χ4v) is 2.33. The standard InChI is InChI=1S/C12H21NO4.C2HF3O2/c1-11(2-3-11)4-6-13-7-5-12(17,10(15)16)9(14)8-13;3-2(4,5)1(6)7/h9,14,17H,2-8H2,1H3,(H,15,16);(H,6,7)/t9-,12+;/m0./s1. The van der Waals surface area contributed by atoms with Crippen LogP contribution in [0.5, 0.6) is 0 Å². The van der Waals surface area contributed by atoms with Gasteiger partial charge in [0.15, 0.2) is 5.60 Å². The number of halogens is 3. The van der Waals surface area contributed by atoms with Crippen molar-refractivity contribution in [3.05, 3.63) is 0 Å². The van der Waals surface area contributed by atoms with Crippen LogP contribution in [-0.2, 0) is 9.59 Å². The number of aliphatic hydroxyl groups is 2. The first-order chi connectivity index (χ1) is 10.8. The highest BCUT2D eigenvalue weighted by molar-refractivity contribution is 5.78. The molecule has 140 valence electrons. The lowest BCUT2D eigenvalue weighted by Crippen LogP contribution is -2.59. The molecule has 1 heterocycles. The summed E-state index contributed by atoms with van der Waals surface area (Å²) in [6.07, 6.45) is -2.56. The maximum atomic E-state index is 10.9. The number of piperidine rings is 1. The number of likely N-dealkylation sites (tertiary alicyclic amines) is 1. The van der Waals surface area contributed by atoms with Gasteiger partial charge in [-0.1, -0.05) is 6.92 Å². The van der Waals surface area contributed by atoms with E-state index in [4.69, 9.17) is 15.0 Å². The molecule has 24 heavy (non-hydrogen) atoms. The first kappa shape index (κ1) is 20.7. The van der Waals surface area contributed by atoms with Gasteiger partial charge in [-0.3, -0.25) is 0 Å². The van der Waals surface area contributed by atoms with Gasteiger partial charge in [-0.15, -0.1) is 0 Å². The van der Waals surface area contributed by atoms with Gasteiger partial charge in [0.2, 0.25) is 0 Å². The summed E-state index contributed by atoms with van der Waals surface area (Å²) in [6.45, 7) is 3.92. The largest absolute Gasteiger partial charge is 0.490 e. The maximum absolute atomic E-state index is 10.9. The summed E-state index contributed by atoms with van der Waals surface area (Å²) < 4.78 is 31.7. The second kappa shape index (κ2) is 7.24. The highest BCUT2D eigenvalue weighted by Gasteiger charge is 2.47. The third kappa shape index (κ3) is 5.60. The van der Waals surface area contributed by atoms with Crippen molar-refractivity contribution in [3.63, 3.8) is 0 Å². The molecule has 2 rings (SSSR count). The molecule has 7 nitrogen and oxygen atoms in total. The number of hydrogen-bond acceptors (Lipinski definition) is 5. The molecule has 2 fully saturated rings. The van der Waals surface area contributed by atoms with E-state index in [9.17, 15) is 28.2 Å². The van der Waals surface area contributed by atoms with Crippen LogP contribution in [0.4, 0.5) is 13.2 Å². The first-order valence-electron chi connectivity index (χ1n) is 7.46. The lowest BCUT2D eigenvalue weighted by Gasteiger charge is -2.39. The van der Waals surface area contributed by atoms with Crippen molar-refractivity contribution < 1.29 is 43.2 Å². The Kier molecular flexibility index (Phi) is 6.23. The van der Waals surface area contributed by atoms with Crippen LogP contribution >= 0.6 is 0 Å². The van der Waals surface area contributed by atoms with Crippen LogP contribution in [0.15, 0.2) is 0 Å². The number of hydrogen-bond donors (Lipinski definition) is 4. The van der Waals surface area contributed by atoms with E-state index in [0.717, 1.165) is 13.0 Å². The SMILES string of the molecule is CC1(CCN2CC[C@](O)(C(=O)O)[C@@H](O)C2)CC1.O=C(O)C(F)(F)F. The highest BCUT2D eigenvalue weighted by Crippen LogP contribution is 2.48. The topological polar surface area (TPSA) is 118 Å². The van der Waals surface area contributed by atoms with Gasteiger partial charge in [-0.2, -0.15) is 13.2 Å². The van der Waals surface area contributed by atoms with E-state index in [0.29, 0.717) is 12.0 Å². The van der Waals surface area contributed by atoms with Gasteiger partial charge in [0, 0.05) is 19.5 Å². The molecule has 4 N–H and O–H groups in total. The molecule has 1 aliphatic carbocycles. The third-order valence-corrected chi connectivity index (χ3v) is 4.54. The van der Waals surface area contributed by atoms with Gasteiger partial charge in [0.1, 0.15) is 6.10 Å². The Morgan fingerprint density at radius 2 is 1.71 bits per heavy atom. The molecular formula is C14H22F3NO6. The van der Waals surface area contributed by atoms with Gasteiger partial charge in [-0.05, 0) is 31.2 Å². The number of carboxylic acids is 2. The third-order valence-electron chi connectivity index (χ3n) is 4.54. The summed E-state index contributed by atoms with van der Waals surface area (Å²) in [5.41, 5.74) is -1.49. The zero-order valence-corrected chi connectivity index (χ0v) is 13.2. The van der Waals surface area contributed by atoms with E-state index < -0.39 is 29.8 Å². The molecule has 0 aromatic carbocycles. The second-order valence-electron chi connectivity index (χ2n) is 6.66. The normalized spacial score (nSPS) is 29.3. The zero-order chi connectivity index (χ0) is 18.8. The zero-order valence-electron chi connectivity index (χ0n) is 13.2. The van der Waals surface area contributed by atoms with Crippen LogP contribution in [0.25, 0.3) is 0 Å². The molecular weight excluding hydrogens is 335 g/mol. The van der Waals surface area contributed by atoms with Crippen molar-refractivity contribution in [1.82, 2.24) is 4.90 Å². The van der Waals surface area contributed by atoms with E-state index in [1.807, 2.05) is 4.90 Å². The molecule has 1 aliphatic heterocycles. The molecule has 2 atom stereocenters. The predicted octanol–water partition coefficient (Wildman–Crippen LogP) is 0.692. The second-order valence-corrected chi connectivity index (χ2v) is 6.66. The fraction of sp³-hybridized carbons (Fsp3) is 0.857. The Labute approximate surface area is 136 Å². The molecule has 0 bridgehead atoms. The fourth-order valence-electron chi connectivity index (χ4n) is 2.33. The molecule has 0 spiro atoms. The number of carboxylic acid groups (broad SMARTS) is 2. The number of rotatable bonds is 4. The van der Waals surface area contributed by atoms with E-state index in [1.54, 1.807) is 0 Å². The van der Waals surface area contributed by atoms with Gasteiger partial charge in [0.25, 0.3) is 0 Å². The monoisotopic (exact) mass is 357 g/mol. The highest BCUT2D eigenvalue weighted by atomic mass is 19.4. The molecule has 0 amide bonds. The van der Waals surface area contributed by atoms with Crippen LogP contribution in [0.1, 0.15) is 32.6 Å². The first-order valence-corrected chi connectivity index (χ1v) is 7.46. The molecule has 2 aliphatic rings. The Morgan fingerprint density at radius 1 is 1.21 bits per heavy atom. The van der Waals surface area contributed by atoms with Crippen LogP contribution < -0.4 is 0 Å². The number of aliphatic carboxylic acids is 2. The average Bonchev–Trinajstić information content (AvgIpc) is 3.18. The number of nitrogens with zero attached hydrogens (tertiary/aromatic N) is 1. The average molecular weight is 357 g/mol. The lowest BCUT2D eigenvalue weighted by atomic mass is 9.88. The number of carbonyl (C=O) groups is 2. The molecule has 1 saturated carbocycles. The summed E-state index contributed by atoms with van der Waals surface area (Å²) in [4.78, 5) is 21.8. The minimum Gasteiger partial charge on any atom is -0.479 e. The van der Waals surface area contributed by atoms with Crippen LogP contribution in [-0.4, -0.2) is 74.8 Å². The van der Waals surface area contributed by atoms with Gasteiger partial charge in [-0.25, -0.2) is 9.59 Å². The molecule has 0 aromatic heterocycles. The van der Waals surface area contributed by atoms with E-state index in [-0.39, 0.29) is 13.0 Å². The van der Waals surface area contributed by atoms with Crippen molar-refractivity contribution >= 4 is 11.9 Å². The minimum absolute atomic E-state index is 0.0974. The van der Waals surface area contributed by atoms with Crippen LogP contribution in [0.2, 0.25) is 0 Å². The van der Waals surface area contributed by atoms with Crippen molar-refractivity contribution in [2.45, 2.75) is 50.5 Å².